The molecular formula is C32H32N2O6S. The Bertz CT molecular complexity index is 1620. The number of allylic oxidation sites excluding steroid dienone is 1. The summed E-state index contributed by atoms with van der Waals surface area (Å²) in [4.78, 5) is 28.9. The number of ether oxygens (including phenoxy) is 3. The van der Waals surface area contributed by atoms with E-state index >= 15 is 0 Å². The number of nitrogens with two attached hydrogens (primary N) is 1. The van der Waals surface area contributed by atoms with Crippen LogP contribution in [0.15, 0.2) is 59.1 Å². The summed E-state index contributed by atoms with van der Waals surface area (Å²) < 4.78 is 17.7. The topological polar surface area (TPSA) is 120 Å². The summed E-state index contributed by atoms with van der Waals surface area (Å²) in [6, 6.07) is 13.2. The van der Waals surface area contributed by atoms with Crippen molar-refractivity contribution in [3.63, 3.8) is 0 Å². The molecule has 2 heterocycles. The molecule has 1 fully saturated rings. The minimum atomic E-state index is -0.927. The Kier molecular flexibility index (Phi) is 6.95. The van der Waals surface area contributed by atoms with Gasteiger partial charge in [0, 0.05) is 30.1 Å². The number of carboxylic acids is 1. The molecule has 212 valence electrons. The SMILES string of the molecule is COc1cc(C2CC23CCC=C2CC(OC)c4c(sc(C(=O)O)c4C)N=C23)ccc1OCc1cccc(C(N)=O)c1. The maximum Gasteiger partial charge on any atom is 0.346 e. The van der Waals surface area contributed by atoms with Crippen LogP contribution in [0, 0.1) is 12.3 Å². The zero-order valence-corrected chi connectivity index (χ0v) is 24.0. The molecule has 0 radical (unpaired) electrons. The lowest BCUT2D eigenvalue weighted by Gasteiger charge is -2.27. The van der Waals surface area contributed by atoms with E-state index in [4.69, 9.17) is 24.9 Å². The van der Waals surface area contributed by atoms with Crippen LogP contribution in [0.4, 0.5) is 5.00 Å². The number of benzene rings is 2. The molecule has 8 nitrogen and oxygen atoms in total. The lowest BCUT2D eigenvalue weighted by atomic mass is 9.79. The molecule has 1 amide bonds. The molecule has 0 saturated heterocycles. The Balaban J connectivity index is 1.28. The van der Waals surface area contributed by atoms with E-state index in [1.165, 1.54) is 16.9 Å². The number of amides is 1. The molecule has 41 heavy (non-hydrogen) atoms. The van der Waals surface area contributed by atoms with Crippen molar-refractivity contribution in [2.75, 3.05) is 14.2 Å². The summed E-state index contributed by atoms with van der Waals surface area (Å²) >= 11 is 1.24. The fraction of sp³-hybridized carbons (Fsp3) is 0.344. The average molecular weight is 573 g/mol. The number of primary amides is 1. The van der Waals surface area contributed by atoms with Gasteiger partial charge in [0.25, 0.3) is 0 Å². The summed E-state index contributed by atoms with van der Waals surface area (Å²) in [7, 11) is 3.31. The van der Waals surface area contributed by atoms with Crippen molar-refractivity contribution in [1.82, 2.24) is 0 Å². The van der Waals surface area contributed by atoms with Gasteiger partial charge in [0.1, 0.15) is 16.5 Å². The van der Waals surface area contributed by atoms with Crippen LogP contribution in [-0.2, 0) is 11.3 Å². The molecule has 1 aliphatic heterocycles. The zero-order chi connectivity index (χ0) is 28.9. The van der Waals surface area contributed by atoms with Crippen molar-refractivity contribution in [2.45, 2.75) is 51.2 Å². The van der Waals surface area contributed by atoms with E-state index in [2.05, 4.69) is 12.1 Å². The summed E-state index contributed by atoms with van der Waals surface area (Å²) in [5, 5.41) is 10.5. The summed E-state index contributed by atoms with van der Waals surface area (Å²) in [5.74, 6) is 0.129. The minimum absolute atomic E-state index is 0.103. The third-order valence-electron chi connectivity index (χ3n) is 8.62. The van der Waals surface area contributed by atoms with E-state index in [0.29, 0.717) is 28.4 Å². The fourth-order valence-electron chi connectivity index (χ4n) is 6.46. The van der Waals surface area contributed by atoms with E-state index < -0.39 is 11.9 Å². The maximum atomic E-state index is 11.9. The largest absolute Gasteiger partial charge is 0.493 e. The molecule has 3 unspecified atom stereocenters. The third kappa shape index (κ3) is 4.73. The van der Waals surface area contributed by atoms with Crippen molar-refractivity contribution in [3.8, 4) is 11.5 Å². The molecule has 3 aliphatic rings. The lowest BCUT2D eigenvalue weighted by Crippen LogP contribution is -2.24. The van der Waals surface area contributed by atoms with E-state index in [1.807, 2.05) is 25.1 Å². The van der Waals surface area contributed by atoms with Crippen LogP contribution in [0.2, 0.25) is 0 Å². The van der Waals surface area contributed by atoms with Gasteiger partial charge in [-0.25, -0.2) is 9.79 Å². The number of carboxylic acid groups (broad SMARTS) is 1. The highest BCUT2D eigenvalue weighted by atomic mass is 32.1. The van der Waals surface area contributed by atoms with Gasteiger partial charge in [0.15, 0.2) is 11.5 Å². The van der Waals surface area contributed by atoms with E-state index in [1.54, 1.807) is 32.4 Å². The predicted octanol–water partition coefficient (Wildman–Crippen LogP) is 6.50. The second kappa shape index (κ2) is 10.5. The van der Waals surface area contributed by atoms with Crippen molar-refractivity contribution < 1.29 is 28.9 Å². The Morgan fingerprint density at radius 1 is 1.17 bits per heavy atom. The highest BCUT2D eigenvalue weighted by molar-refractivity contribution is 7.18. The Labute approximate surface area is 242 Å². The highest BCUT2D eigenvalue weighted by Gasteiger charge is 2.59. The van der Waals surface area contributed by atoms with Crippen LogP contribution in [-0.4, -0.2) is 36.9 Å². The molecule has 0 bridgehead atoms. The molecule has 9 heteroatoms. The third-order valence-corrected chi connectivity index (χ3v) is 9.81. The van der Waals surface area contributed by atoms with Crippen LogP contribution in [0.1, 0.15) is 80.0 Å². The minimum Gasteiger partial charge on any atom is -0.493 e. The number of rotatable bonds is 8. The first kappa shape index (κ1) is 27.2. The second-order valence-electron chi connectivity index (χ2n) is 10.9. The molecule has 1 aromatic heterocycles. The number of carbonyl (C=O) groups excluding carboxylic acids is 1. The van der Waals surface area contributed by atoms with E-state index in [-0.39, 0.29) is 24.0 Å². The van der Waals surface area contributed by atoms with Crippen molar-refractivity contribution in [3.05, 3.63) is 86.8 Å². The lowest BCUT2D eigenvalue weighted by molar-refractivity contribution is 0.0700. The molecule has 3 atom stereocenters. The van der Waals surface area contributed by atoms with Crippen molar-refractivity contribution >= 4 is 33.9 Å². The first-order valence-corrected chi connectivity index (χ1v) is 14.4. The zero-order valence-electron chi connectivity index (χ0n) is 23.2. The van der Waals surface area contributed by atoms with Crippen molar-refractivity contribution in [1.29, 1.82) is 0 Å². The highest BCUT2D eigenvalue weighted by Crippen LogP contribution is 2.67. The number of fused-ring (bicyclic) bond motifs is 3. The fourth-order valence-corrected chi connectivity index (χ4v) is 7.53. The molecule has 3 aromatic rings. The first-order chi connectivity index (χ1) is 19.8. The van der Waals surface area contributed by atoms with Gasteiger partial charge in [0.05, 0.1) is 18.9 Å². The number of methoxy groups -OCH3 is 2. The van der Waals surface area contributed by atoms with Gasteiger partial charge >= 0.3 is 5.97 Å². The molecule has 2 aromatic carbocycles. The first-order valence-electron chi connectivity index (χ1n) is 13.6. The summed E-state index contributed by atoms with van der Waals surface area (Å²) in [6.45, 7) is 2.13. The van der Waals surface area contributed by atoms with Crippen LogP contribution < -0.4 is 15.2 Å². The number of thiophene rings is 1. The van der Waals surface area contributed by atoms with Gasteiger partial charge in [-0.2, -0.15) is 0 Å². The Morgan fingerprint density at radius 3 is 2.73 bits per heavy atom. The smallest absolute Gasteiger partial charge is 0.346 e. The van der Waals surface area contributed by atoms with Crippen molar-refractivity contribution in [2.24, 2.45) is 16.1 Å². The van der Waals surface area contributed by atoms with Gasteiger partial charge in [-0.05, 0) is 78.6 Å². The standard InChI is InChI=1S/C32H32N2O6S/c1-17-26-25(39-3)14-20-8-5-11-32(28(20)34-30(26)41-27(17)31(36)37)15-22(32)19-9-10-23(24(13-19)38-2)40-16-18-6-4-7-21(12-18)29(33)35/h4,6-10,12-13,22,25H,5,11,14-16H2,1-3H3,(H2,33,35)(H,36,37). The molecular weight excluding hydrogens is 540 g/mol. The number of nitrogens with zero attached hydrogens (tertiary/aromatic N) is 1. The second-order valence-corrected chi connectivity index (χ2v) is 11.9. The van der Waals surface area contributed by atoms with Gasteiger partial charge in [-0.3, -0.25) is 4.79 Å². The van der Waals surface area contributed by atoms with Crippen LogP contribution >= 0.6 is 11.3 Å². The van der Waals surface area contributed by atoms with Gasteiger partial charge in [0.2, 0.25) is 5.91 Å². The van der Waals surface area contributed by atoms with Crippen LogP contribution in [0.25, 0.3) is 0 Å². The predicted molar refractivity (Wildman–Crippen MR) is 157 cm³/mol. The quantitative estimate of drug-likeness (QED) is 0.318. The molecule has 2 aliphatic carbocycles. The van der Waals surface area contributed by atoms with Crippen LogP contribution in [0.5, 0.6) is 11.5 Å². The van der Waals surface area contributed by atoms with E-state index in [9.17, 15) is 14.7 Å². The number of aliphatic imine (C=N–C) groups is 1. The number of carbonyl (C=O) groups is 2. The molecule has 1 spiro atoms. The number of hydrogen-bond donors (Lipinski definition) is 2. The normalized spacial score (nSPS) is 22.6. The Morgan fingerprint density at radius 2 is 2.00 bits per heavy atom. The molecule has 6 rings (SSSR count). The van der Waals surface area contributed by atoms with E-state index in [0.717, 1.165) is 52.2 Å². The van der Waals surface area contributed by atoms with Gasteiger partial charge < -0.3 is 25.1 Å². The van der Waals surface area contributed by atoms with Crippen LogP contribution in [0.3, 0.4) is 0 Å². The maximum absolute atomic E-state index is 11.9. The van der Waals surface area contributed by atoms with Gasteiger partial charge in [-0.1, -0.05) is 24.3 Å². The average Bonchev–Trinajstić information content (AvgIpc) is 3.63. The van der Waals surface area contributed by atoms with Gasteiger partial charge in [-0.15, -0.1) is 11.3 Å². The summed E-state index contributed by atoms with van der Waals surface area (Å²) in [6.07, 6.45) is 5.65. The number of aromatic carboxylic acids is 1. The molecule has 1 saturated carbocycles. The monoisotopic (exact) mass is 572 g/mol. The molecule has 3 N–H and O–H groups in total. The summed E-state index contributed by atoms with van der Waals surface area (Å²) in [5.41, 5.74) is 11.7. The number of hydrogen-bond acceptors (Lipinski definition) is 7. The Hall–Kier alpha value is -3.95.